The third kappa shape index (κ3) is 6.79. The van der Waals surface area contributed by atoms with Gasteiger partial charge < -0.3 is 20.4 Å². The lowest BCUT2D eigenvalue weighted by Gasteiger charge is -2.39. The molecule has 0 radical (unpaired) electrons. The molecule has 0 saturated carbocycles. The molecule has 0 spiro atoms. The van der Waals surface area contributed by atoms with Crippen LogP contribution in [0.2, 0.25) is 15.1 Å². The normalized spacial score (nSPS) is 18.8. The van der Waals surface area contributed by atoms with Crippen molar-refractivity contribution in [1.82, 2.24) is 15.1 Å². The van der Waals surface area contributed by atoms with E-state index in [0.29, 0.717) is 33.8 Å². The molecule has 2 N–H and O–H groups in total. The van der Waals surface area contributed by atoms with E-state index in [9.17, 15) is 14.4 Å². The fraction of sp³-hybridized carbons (Fsp3) is 0.375. The summed E-state index contributed by atoms with van der Waals surface area (Å²) in [6.07, 6.45) is -0.161. The summed E-state index contributed by atoms with van der Waals surface area (Å²) in [4.78, 5) is 44.2. The molecule has 2 saturated heterocycles. The average Bonchev–Trinajstić information content (AvgIpc) is 2.80. The summed E-state index contributed by atoms with van der Waals surface area (Å²) in [5.41, 5.74) is 1.53. The first-order chi connectivity index (χ1) is 16.8. The van der Waals surface area contributed by atoms with Crippen molar-refractivity contribution in [3.63, 3.8) is 0 Å². The number of nitrogens with one attached hydrogen (secondary N) is 2. The van der Waals surface area contributed by atoms with Crippen LogP contribution in [0.15, 0.2) is 42.5 Å². The van der Waals surface area contributed by atoms with Crippen LogP contribution >= 0.6 is 34.8 Å². The van der Waals surface area contributed by atoms with Gasteiger partial charge in [0.2, 0.25) is 17.7 Å². The molecule has 2 aromatic carbocycles. The minimum atomic E-state index is -0.874. The van der Waals surface area contributed by atoms with Crippen molar-refractivity contribution in [2.45, 2.75) is 12.5 Å². The van der Waals surface area contributed by atoms with Gasteiger partial charge in [0.1, 0.15) is 6.04 Å². The lowest BCUT2D eigenvalue weighted by atomic mass is 10.1. The standard InChI is InChI=1S/C24H26Cl3N5O3/c25-16-1-3-20(4-2-16)31-9-7-30(8-10-31)15-23(34)32-6-5-28-24(35)21(32)14-22(33)29-19-12-17(26)11-18(27)13-19/h1-4,11-13,21H,5-10,14-15H2,(H,28,35)(H,29,33). The Morgan fingerprint density at radius 1 is 0.914 bits per heavy atom. The molecule has 2 aliphatic heterocycles. The quantitative estimate of drug-likeness (QED) is 0.590. The third-order valence-corrected chi connectivity index (χ3v) is 6.79. The maximum atomic E-state index is 13.1. The first kappa shape index (κ1) is 25.6. The number of anilines is 2. The number of rotatable bonds is 6. The summed E-state index contributed by atoms with van der Waals surface area (Å²) in [6.45, 7) is 3.91. The molecule has 2 fully saturated rings. The highest BCUT2D eigenvalue weighted by Crippen LogP contribution is 2.23. The summed E-state index contributed by atoms with van der Waals surface area (Å²) in [5.74, 6) is -0.903. The fourth-order valence-corrected chi connectivity index (χ4v) is 4.98. The molecule has 2 aromatic rings. The summed E-state index contributed by atoms with van der Waals surface area (Å²) >= 11 is 18.0. The molecule has 35 heavy (non-hydrogen) atoms. The second kappa shape index (κ2) is 11.5. The van der Waals surface area contributed by atoms with Gasteiger partial charge in [-0.1, -0.05) is 34.8 Å². The van der Waals surface area contributed by atoms with Crippen LogP contribution in [0.5, 0.6) is 0 Å². The number of benzene rings is 2. The molecular formula is C24H26Cl3N5O3. The minimum Gasteiger partial charge on any atom is -0.369 e. The van der Waals surface area contributed by atoms with Gasteiger partial charge in [0.05, 0.1) is 13.0 Å². The van der Waals surface area contributed by atoms with Crippen molar-refractivity contribution in [2.24, 2.45) is 0 Å². The van der Waals surface area contributed by atoms with Gasteiger partial charge in [-0.2, -0.15) is 0 Å². The van der Waals surface area contributed by atoms with Crippen LogP contribution in [0.1, 0.15) is 6.42 Å². The topological polar surface area (TPSA) is 85.0 Å². The molecule has 1 atom stereocenters. The second-order valence-electron chi connectivity index (χ2n) is 8.54. The first-order valence-corrected chi connectivity index (χ1v) is 12.5. The van der Waals surface area contributed by atoms with Crippen molar-refractivity contribution < 1.29 is 14.4 Å². The van der Waals surface area contributed by atoms with Crippen molar-refractivity contribution in [2.75, 3.05) is 56.0 Å². The zero-order chi connectivity index (χ0) is 24.9. The number of piperazine rings is 2. The third-order valence-electron chi connectivity index (χ3n) is 6.10. The van der Waals surface area contributed by atoms with Crippen molar-refractivity contribution in [1.29, 1.82) is 0 Å². The molecule has 0 aliphatic carbocycles. The van der Waals surface area contributed by atoms with Gasteiger partial charge in [-0.15, -0.1) is 0 Å². The van der Waals surface area contributed by atoms with E-state index in [-0.39, 0.29) is 24.8 Å². The summed E-state index contributed by atoms with van der Waals surface area (Å²) < 4.78 is 0. The lowest BCUT2D eigenvalue weighted by molar-refractivity contribution is -0.145. The van der Waals surface area contributed by atoms with Crippen LogP contribution in [-0.2, 0) is 14.4 Å². The molecule has 11 heteroatoms. The highest BCUT2D eigenvalue weighted by atomic mass is 35.5. The smallest absolute Gasteiger partial charge is 0.243 e. The van der Waals surface area contributed by atoms with Crippen LogP contribution in [-0.4, -0.2) is 79.4 Å². The molecule has 1 unspecified atom stereocenters. The first-order valence-electron chi connectivity index (χ1n) is 11.3. The molecule has 0 aromatic heterocycles. The Kier molecular flexibility index (Phi) is 8.38. The Hall–Kier alpha value is -2.52. The zero-order valence-corrected chi connectivity index (χ0v) is 21.2. The fourth-order valence-electron chi connectivity index (χ4n) is 4.33. The van der Waals surface area contributed by atoms with Gasteiger partial charge >= 0.3 is 0 Å². The Labute approximate surface area is 219 Å². The van der Waals surface area contributed by atoms with E-state index in [0.717, 1.165) is 31.9 Å². The Bertz CT molecular complexity index is 1070. The van der Waals surface area contributed by atoms with Gasteiger partial charge in [0.25, 0.3) is 0 Å². The van der Waals surface area contributed by atoms with Crippen molar-refractivity contribution in [3.05, 3.63) is 57.5 Å². The minimum absolute atomic E-state index is 0.161. The van der Waals surface area contributed by atoms with Gasteiger partial charge in [-0.3, -0.25) is 19.3 Å². The summed E-state index contributed by atoms with van der Waals surface area (Å²) in [5, 5.41) is 6.93. The second-order valence-corrected chi connectivity index (χ2v) is 9.85. The van der Waals surface area contributed by atoms with Crippen molar-refractivity contribution in [3.8, 4) is 0 Å². The number of nitrogens with zero attached hydrogens (tertiary/aromatic N) is 3. The molecule has 186 valence electrons. The van der Waals surface area contributed by atoms with E-state index in [1.165, 1.54) is 4.90 Å². The van der Waals surface area contributed by atoms with Gasteiger partial charge in [-0.25, -0.2) is 0 Å². The van der Waals surface area contributed by atoms with E-state index in [1.54, 1.807) is 18.2 Å². The largest absolute Gasteiger partial charge is 0.369 e. The molecule has 3 amide bonds. The number of hydrogen-bond donors (Lipinski definition) is 2. The van der Waals surface area contributed by atoms with Crippen LogP contribution in [0.25, 0.3) is 0 Å². The molecule has 4 rings (SSSR count). The predicted molar refractivity (Wildman–Crippen MR) is 138 cm³/mol. The molecular weight excluding hydrogens is 513 g/mol. The van der Waals surface area contributed by atoms with E-state index in [2.05, 4.69) is 20.4 Å². The number of halogens is 3. The highest BCUT2D eigenvalue weighted by Gasteiger charge is 2.35. The maximum Gasteiger partial charge on any atom is 0.243 e. The average molecular weight is 539 g/mol. The summed E-state index contributed by atoms with van der Waals surface area (Å²) in [7, 11) is 0. The van der Waals surface area contributed by atoms with Crippen LogP contribution in [0.4, 0.5) is 11.4 Å². The molecule has 0 bridgehead atoms. The van der Waals surface area contributed by atoms with E-state index in [4.69, 9.17) is 34.8 Å². The molecule has 8 nitrogen and oxygen atoms in total. The number of carbonyl (C=O) groups excluding carboxylic acids is 3. The Morgan fingerprint density at radius 2 is 1.57 bits per heavy atom. The molecule has 2 heterocycles. The van der Waals surface area contributed by atoms with Crippen LogP contribution in [0, 0.1) is 0 Å². The van der Waals surface area contributed by atoms with E-state index >= 15 is 0 Å². The van der Waals surface area contributed by atoms with Crippen molar-refractivity contribution >= 4 is 63.9 Å². The van der Waals surface area contributed by atoms with Gasteiger partial charge in [-0.05, 0) is 42.5 Å². The number of carbonyl (C=O) groups is 3. The highest BCUT2D eigenvalue weighted by molar-refractivity contribution is 6.35. The van der Waals surface area contributed by atoms with Gasteiger partial charge in [0, 0.05) is 65.7 Å². The molecule has 2 aliphatic rings. The van der Waals surface area contributed by atoms with Crippen LogP contribution < -0.4 is 15.5 Å². The monoisotopic (exact) mass is 537 g/mol. The van der Waals surface area contributed by atoms with Crippen LogP contribution in [0.3, 0.4) is 0 Å². The predicted octanol–water partition coefficient (Wildman–Crippen LogP) is 3.12. The number of amides is 3. The Balaban J connectivity index is 1.33. The maximum absolute atomic E-state index is 13.1. The lowest BCUT2D eigenvalue weighted by Crippen LogP contribution is -2.60. The number of hydrogen-bond acceptors (Lipinski definition) is 5. The zero-order valence-electron chi connectivity index (χ0n) is 19.0. The van der Waals surface area contributed by atoms with E-state index in [1.807, 2.05) is 24.3 Å². The summed E-state index contributed by atoms with van der Waals surface area (Å²) in [6, 6.07) is 11.5. The van der Waals surface area contributed by atoms with E-state index < -0.39 is 11.9 Å². The Morgan fingerprint density at radius 3 is 2.23 bits per heavy atom. The SMILES string of the molecule is O=C(CC1C(=O)NCCN1C(=O)CN1CCN(c2ccc(Cl)cc2)CC1)Nc1cc(Cl)cc(Cl)c1. The van der Waals surface area contributed by atoms with Gasteiger partial charge in [0.15, 0.2) is 0 Å².